The van der Waals surface area contributed by atoms with Crippen LogP contribution in [-0.2, 0) is 15.3 Å². The number of benzene rings is 3. The van der Waals surface area contributed by atoms with Gasteiger partial charge >= 0.3 is 6.03 Å². The second kappa shape index (κ2) is 13.5. The molecule has 2 amide bonds. The highest BCUT2D eigenvalue weighted by molar-refractivity contribution is 7.91. The van der Waals surface area contributed by atoms with Crippen LogP contribution in [0.15, 0.2) is 94.7 Å². The summed E-state index contributed by atoms with van der Waals surface area (Å²) in [5.74, 6) is 1.37. The number of likely N-dealkylation sites (tertiary alicyclic amines) is 1. The normalized spacial score (nSPS) is 22.8. The molecule has 8 nitrogen and oxygen atoms in total. The van der Waals surface area contributed by atoms with Crippen molar-refractivity contribution in [2.24, 2.45) is 23.5 Å². The molecule has 3 fully saturated rings. The molecule has 0 spiro atoms. The summed E-state index contributed by atoms with van der Waals surface area (Å²) < 4.78 is 25.9. The Hall–Kier alpha value is -3.40. The van der Waals surface area contributed by atoms with Crippen LogP contribution >= 0.6 is 0 Å². The molecule has 6 rings (SSSR count). The summed E-state index contributed by atoms with van der Waals surface area (Å²) >= 11 is 0. The summed E-state index contributed by atoms with van der Waals surface area (Å²) in [6.07, 6.45) is 5.38. The Bertz CT molecular complexity index is 1520. The molecule has 4 N–H and O–H groups in total. The SMILES string of the molecule is CNC(=O)N[C@@H]1CCC[C@H]1C(CN)(c1ccccc1)C1CCN(CC2CN(c3ccc(S(=O)(=O)c4ccccc4)cc3)C2)CC1. The van der Waals surface area contributed by atoms with Gasteiger partial charge in [0.15, 0.2) is 0 Å². The second-order valence-electron chi connectivity index (χ2n) is 13.1. The van der Waals surface area contributed by atoms with E-state index in [-0.39, 0.29) is 17.5 Å². The zero-order valence-electron chi connectivity index (χ0n) is 26.3. The van der Waals surface area contributed by atoms with E-state index in [0.29, 0.717) is 34.1 Å². The number of rotatable bonds is 10. The number of nitrogens with zero attached hydrogens (tertiary/aromatic N) is 2. The lowest BCUT2D eigenvalue weighted by molar-refractivity contribution is 0.0728. The van der Waals surface area contributed by atoms with Gasteiger partial charge in [0.2, 0.25) is 9.84 Å². The lowest BCUT2D eigenvalue weighted by Gasteiger charge is -2.51. The predicted octanol–water partition coefficient (Wildman–Crippen LogP) is 4.66. The van der Waals surface area contributed by atoms with Gasteiger partial charge < -0.3 is 26.2 Å². The highest BCUT2D eigenvalue weighted by Crippen LogP contribution is 2.50. The van der Waals surface area contributed by atoms with Crippen LogP contribution in [0.4, 0.5) is 10.5 Å². The number of amides is 2. The number of nitrogens with one attached hydrogen (secondary N) is 2. The number of sulfone groups is 1. The smallest absolute Gasteiger partial charge is 0.314 e. The summed E-state index contributed by atoms with van der Waals surface area (Å²) in [6.45, 7) is 5.74. The maximum Gasteiger partial charge on any atom is 0.314 e. The zero-order valence-corrected chi connectivity index (χ0v) is 27.1. The summed E-state index contributed by atoms with van der Waals surface area (Å²) in [5.41, 5.74) is 9.00. The average Bonchev–Trinajstić information content (AvgIpc) is 3.53. The van der Waals surface area contributed by atoms with E-state index in [1.807, 2.05) is 18.2 Å². The number of carbonyl (C=O) groups is 1. The van der Waals surface area contributed by atoms with Gasteiger partial charge in [0.05, 0.1) is 9.79 Å². The summed E-state index contributed by atoms with van der Waals surface area (Å²) in [5, 5.41) is 6.01. The van der Waals surface area contributed by atoms with Crippen LogP contribution in [0.2, 0.25) is 0 Å². The maximum absolute atomic E-state index is 13.0. The molecule has 0 bridgehead atoms. The van der Waals surface area contributed by atoms with Crippen LogP contribution in [-0.4, -0.2) is 71.7 Å². The first-order valence-electron chi connectivity index (χ1n) is 16.5. The molecular formula is C36H47N5O3S. The Morgan fingerprint density at radius 1 is 0.867 bits per heavy atom. The fourth-order valence-electron chi connectivity index (χ4n) is 8.39. The van der Waals surface area contributed by atoms with Gasteiger partial charge in [0.25, 0.3) is 0 Å². The van der Waals surface area contributed by atoms with Gasteiger partial charge in [0, 0.05) is 56.3 Å². The molecule has 1 aliphatic carbocycles. The van der Waals surface area contributed by atoms with Crippen LogP contribution in [0.3, 0.4) is 0 Å². The van der Waals surface area contributed by atoms with Crippen LogP contribution in [0.25, 0.3) is 0 Å². The first-order valence-corrected chi connectivity index (χ1v) is 17.9. The standard InChI is InChI=1S/C36H47N5O3S/c1-38-35(42)39-34-14-8-13-33(34)36(26-37,28-9-4-2-5-10-28)29-19-21-40(22-20-29)23-27-24-41(25-27)30-15-17-32(18-16-30)45(43,44)31-11-6-3-7-12-31/h2-7,9-12,15-18,27,29,33-34H,8,13-14,19-26,37H2,1H3,(H2,38,39,42)/t33-,34-,36?/m1/s1. The third-order valence-corrected chi connectivity index (χ3v) is 12.5. The van der Waals surface area contributed by atoms with Crippen molar-refractivity contribution in [1.29, 1.82) is 0 Å². The Kier molecular flexibility index (Phi) is 9.49. The third kappa shape index (κ3) is 6.35. The van der Waals surface area contributed by atoms with Gasteiger partial charge in [-0.25, -0.2) is 13.2 Å². The van der Waals surface area contributed by atoms with Crippen molar-refractivity contribution in [1.82, 2.24) is 15.5 Å². The summed E-state index contributed by atoms with van der Waals surface area (Å²) in [7, 11) is -1.83. The highest BCUT2D eigenvalue weighted by Gasteiger charge is 2.51. The lowest BCUT2D eigenvalue weighted by Crippen LogP contribution is -2.58. The van der Waals surface area contributed by atoms with Crippen LogP contribution in [0, 0.1) is 17.8 Å². The van der Waals surface area contributed by atoms with Crippen molar-refractivity contribution < 1.29 is 13.2 Å². The number of nitrogens with two attached hydrogens (primary N) is 1. The molecule has 1 saturated carbocycles. The molecule has 2 heterocycles. The highest BCUT2D eigenvalue weighted by atomic mass is 32.2. The second-order valence-corrected chi connectivity index (χ2v) is 15.1. The molecule has 45 heavy (non-hydrogen) atoms. The Labute approximate surface area is 268 Å². The molecule has 3 aromatic rings. The summed E-state index contributed by atoms with van der Waals surface area (Å²) in [4.78, 5) is 18.0. The Balaban J connectivity index is 1.06. The van der Waals surface area contributed by atoms with Gasteiger partial charge in [-0.2, -0.15) is 0 Å². The Morgan fingerprint density at radius 2 is 1.49 bits per heavy atom. The van der Waals surface area contributed by atoms with E-state index >= 15 is 0 Å². The third-order valence-electron chi connectivity index (χ3n) is 10.7. The molecule has 3 atom stereocenters. The number of anilines is 1. The number of urea groups is 1. The predicted molar refractivity (Wildman–Crippen MR) is 179 cm³/mol. The van der Waals surface area contributed by atoms with Crippen molar-refractivity contribution in [3.05, 3.63) is 90.5 Å². The minimum atomic E-state index is -3.50. The van der Waals surface area contributed by atoms with E-state index in [1.165, 1.54) is 5.56 Å². The van der Waals surface area contributed by atoms with Crippen molar-refractivity contribution in [3.63, 3.8) is 0 Å². The fraction of sp³-hybridized carbons (Fsp3) is 0.472. The molecular weight excluding hydrogens is 582 g/mol. The van der Waals surface area contributed by atoms with Crippen molar-refractivity contribution in [3.8, 4) is 0 Å². The molecule has 0 aromatic heterocycles. The summed E-state index contributed by atoms with van der Waals surface area (Å²) in [6, 6.07) is 26.8. The molecule has 240 valence electrons. The van der Waals surface area contributed by atoms with E-state index in [0.717, 1.165) is 70.5 Å². The van der Waals surface area contributed by atoms with Gasteiger partial charge in [-0.05, 0) is 92.6 Å². The molecule has 9 heteroatoms. The molecule has 3 aromatic carbocycles. The Morgan fingerprint density at radius 3 is 2.11 bits per heavy atom. The van der Waals surface area contributed by atoms with E-state index < -0.39 is 9.84 Å². The fourth-order valence-corrected chi connectivity index (χ4v) is 9.67. The van der Waals surface area contributed by atoms with Gasteiger partial charge in [-0.1, -0.05) is 55.0 Å². The average molecular weight is 630 g/mol. The van der Waals surface area contributed by atoms with Gasteiger partial charge in [-0.3, -0.25) is 0 Å². The number of carbonyl (C=O) groups excluding carboxylic acids is 1. The van der Waals surface area contributed by atoms with E-state index in [9.17, 15) is 13.2 Å². The van der Waals surface area contributed by atoms with E-state index in [4.69, 9.17) is 5.73 Å². The molecule has 2 aliphatic heterocycles. The topological polar surface area (TPSA) is 108 Å². The van der Waals surface area contributed by atoms with Crippen molar-refractivity contribution >= 4 is 21.6 Å². The van der Waals surface area contributed by atoms with Crippen LogP contribution < -0.4 is 21.3 Å². The van der Waals surface area contributed by atoms with Gasteiger partial charge in [0.1, 0.15) is 0 Å². The monoisotopic (exact) mass is 629 g/mol. The minimum absolute atomic E-state index is 0.108. The molecule has 1 unspecified atom stereocenters. The van der Waals surface area contributed by atoms with Crippen LogP contribution in [0.1, 0.15) is 37.7 Å². The number of piperidine rings is 1. The molecule has 0 radical (unpaired) electrons. The zero-order chi connectivity index (χ0) is 31.4. The molecule has 3 aliphatic rings. The quantitative estimate of drug-likeness (QED) is 0.301. The van der Waals surface area contributed by atoms with Crippen molar-refractivity contribution in [2.75, 3.05) is 51.2 Å². The van der Waals surface area contributed by atoms with E-state index in [1.54, 1.807) is 43.4 Å². The molecule has 2 saturated heterocycles. The first kappa shape index (κ1) is 31.6. The lowest BCUT2D eigenvalue weighted by atomic mass is 9.58. The van der Waals surface area contributed by atoms with Crippen LogP contribution in [0.5, 0.6) is 0 Å². The maximum atomic E-state index is 13.0. The van der Waals surface area contributed by atoms with E-state index in [2.05, 4.69) is 50.8 Å². The minimum Gasteiger partial charge on any atom is -0.371 e. The number of hydrogen-bond donors (Lipinski definition) is 3. The van der Waals surface area contributed by atoms with Crippen molar-refractivity contribution in [2.45, 2.75) is 53.4 Å². The van der Waals surface area contributed by atoms with Gasteiger partial charge in [-0.15, -0.1) is 0 Å². The number of hydrogen-bond acceptors (Lipinski definition) is 6. The largest absolute Gasteiger partial charge is 0.371 e. The first-order chi connectivity index (χ1) is 21.8.